The summed E-state index contributed by atoms with van der Waals surface area (Å²) in [6, 6.07) is 2.05. The van der Waals surface area contributed by atoms with Crippen molar-refractivity contribution in [3.63, 3.8) is 0 Å². The molecule has 6 rings (SSSR count). The molecule has 142 valence electrons. The van der Waals surface area contributed by atoms with Crippen LogP contribution in [0.25, 0.3) is 0 Å². The largest absolute Gasteiger partial charge is 0.331 e. The Morgan fingerprint density at radius 3 is 2.54 bits per heavy atom. The highest BCUT2D eigenvalue weighted by atomic mass is 32.2. The van der Waals surface area contributed by atoms with Gasteiger partial charge < -0.3 is 10.2 Å². The van der Waals surface area contributed by atoms with E-state index in [-0.39, 0.29) is 12.1 Å². The third-order valence-corrected chi connectivity index (χ3v) is 10.8. The van der Waals surface area contributed by atoms with E-state index in [0.717, 1.165) is 36.8 Å². The van der Waals surface area contributed by atoms with Crippen LogP contribution in [0.1, 0.15) is 57.1 Å². The molecule has 0 spiro atoms. The first-order valence-electron chi connectivity index (χ1n) is 9.80. The molecular weight excluding hydrogens is 368 g/mol. The average Bonchev–Trinajstić information content (AvgIpc) is 3.00. The van der Waals surface area contributed by atoms with E-state index in [9.17, 15) is 13.2 Å². The number of sulfone groups is 1. The van der Waals surface area contributed by atoms with Crippen LogP contribution in [0.3, 0.4) is 0 Å². The summed E-state index contributed by atoms with van der Waals surface area (Å²) in [7, 11) is -3.24. The van der Waals surface area contributed by atoms with E-state index >= 15 is 0 Å². The molecule has 0 aromatic carbocycles. The topological polar surface area (TPSA) is 66.5 Å². The predicted molar refractivity (Wildman–Crippen MR) is 101 cm³/mol. The monoisotopic (exact) mass is 394 g/mol. The van der Waals surface area contributed by atoms with Crippen LogP contribution in [0.2, 0.25) is 0 Å². The van der Waals surface area contributed by atoms with Crippen molar-refractivity contribution in [3.05, 3.63) is 17.0 Å². The Morgan fingerprint density at radius 2 is 1.81 bits per heavy atom. The molecule has 4 fully saturated rings. The van der Waals surface area contributed by atoms with Gasteiger partial charge in [-0.05, 0) is 74.6 Å². The number of nitrogens with one attached hydrogen (secondary N) is 1. The molecule has 26 heavy (non-hydrogen) atoms. The van der Waals surface area contributed by atoms with E-state index in [1.807, 2.05) is 11.4 Å². The van der Waals surface area contributed by atoms with Gasteiger partial charge >= 0.3 is 6.03 Å². The molecule has 5 aliphatic rings. The highest BCUT2D eigenvalue weighted by molar-refractivity contribution is 7.94. The number of urea groups is 1. The van der Waals surface area contributed by atoms with Gasteiger partial charge in [0.1, 0.15) is 4.21 Å². The summed E-state index contributed by atoms with van der Waals surface area (Å²) in [4.78, 5) is 15.2. The van der Waals surface area contributed by atoms with Gasteiger partial charge in [0.2, 0.25) is 0 Å². The van der Waals surface area contributed by atoms with Crippen molar-refractivity contribution in [1.82, 2.24) is 10.2 Å². The van der Waals surface area contributed by atoms with Crippen LogP contribution in [0.15, 0.2) is 15.7 Å². The third kappa shape index (κ3) is 2.61. The molecule has 4 atom stereocenters. The number of carbonyl (C=O) groups is 1. The molecule has 1 N–H and O–H groups in total. The van der Waals surface area contributed by atoms with Crippen LogP contribution in [-0.2, 0) is 9.84 Å². The molecule has 7 heteroatoms. The molecule has 1 aromatic heterocycles. The van der Waals surface area contributed by atoms with Crippen molar-refractivity contribution in [2.24, 2.45) is 17.8 Å². The summed E-state index contributed by atoms with van der Waals surface area (Å²) < 4.78 is 25.5. The van der Waals surface area contributed by atoms with Crippen LogP contribution in [0, 0.1) is 17.8 Å². The van der Waals surface area contributed by atoms with Gasteiger partial charge in [0, 0.05) is 18.2 Å². The number of nitrogens with zero attached hydrogens (tertiary/aromatic N) is 1. The number of fused-ring (bicyclic) bond motifs is 2. The van der Waals surface area contributed by atoms with Crippen molar-refractivity contribution in [1.29, 1.82) is 0 Å². The van der Waals surface area contributed by atoms with Gasteiger partial charge in [-0.3, -0.25) is 0 Å². The number of rotatable bonds is 1. The first kappa shape index (κ1) is 17.0. The fraction of sp³-hybridized carbons (Fsp3) is 0.737. The summed E-state index contributed by atoms with van der Waals surface area (Å²) in [6.07, 6.45) is 6.69. The second-order valence-corrected chi connectivity index (χ2v) is 12.3. The van der Waals surface area contributed by atoms with Gasteiger partial charge in [-0.2, -0.15) is 0 Å². The fourth-order valence-corrected chi connectivity index (χ4v) is 9.20. The SMILES string of the molecule is C[C@H]1C[C@H](NC(=O)N2CC3CC4CC(C3)CC2C4)c2ccsc2S1(=O)=O. The number of thiophene rings is 1. The van der Waals surface area contributed by atoms with Crippen LogP contribution < -0.4 is 5.32 Å². The van der Waals surface area contributed by atoms with E-state index in [1.165, 1.54) is 30.6 Å². The third-order valence-electron chi connectivity index (χ3n) is 7.05. The zero-order valence-corrected chi connectivity index (χ0v) is 16.7. The van der Waals surface area contributed by atoms with Gasteiger partial charge in [-0.15, -0.1) is 11.3 Å². The second-order valence-electron chi connectivity index (χ2n) is 8.84. The second kappa shape index (κ2) is 5.96. The maximum atomic E-state index is 13.2. The van der Waals surface area contributed by atoms with Gasteiger partial charge in [0.15, 0.2) is 9.84 Å². The minimum atomic E-state index is -3.24. The lowest BCUT2D eigenvalue weighted by atomic mass is 9.68. The van der Waals surface area contributed by atoms with E-state index in [4.69, 9.17) is 0 Å². The van der Waals surface area contributed by atoms with E-state index in [2.05, 4.69) is 10.2 Å². The molecule has 4 bridgehead atoms. The molecule has 2 amide bonds. The van der Waals surface area contributed by atoms with Crippen LogP contribution in [-0.4, -0.2) is 37.2 Å². The Morgan fingerprint density at radius 1 is 1.12 bits per heavy atom. The highest BCUT2D eigenvalue weighted by Gasteiger charge is 2.45. The highest BCUT2D eigenvalue weighted by Crippen LogP contribution is 2.47. The normalized spacial score (nSPS) is 40.1. The van der Waals surface area contributed by atoms with Gasteiger partial charge in [0.25, 0.3) is 0 Å². The Kier molecular flexibility index (Phi) is 3.91. The summed E-state index contributed by atoms with van der Waals surface area (Å²) in [6.45, 7) is 2.63. The first-order chi connectivity index (χ1) is 12.4. The van der Waals surface area contributed by atoms with Crippen molar-refractivity contribution in [2.75, 3.05) is 6.54 Å². The summed E-state index contributed by atoms with van der Waals surface area (Å²) in [5, 5.41) is 4.57. The predicted octanol–water partition coefficient (Wildman–Crippen LogP) is 3.58. The number of amides is 2. The minimum absolute atomic E-state index is 0.0110. The first-order valence-corrected chi connectivity index (χ1v) is 12.2. The number of hydrogen-bond donors (Lipinski definition) is 1. The zero-order chi connectivity index (χ0) is 18.1. The molecule has 4 heterocycles. The molecule has 5 nitrogen and oxygen atoms in total. The van der Waals surface area contributed by atoms with Crippen molar-refractivity contribution in [3.8, 4) is 0 Å². The van der Waals surface area contributed by atoms with E-state index in [0.29, 0.717) is 22.6 Å². The number of carbonyl (C=O) groups excluding carboxylic acids is 1. The molecule has 2 unspecified atom stereocenters. The van der Waals surface area contributed by atoms with Gasteiger partial charge in [-0.1, -0.05) is 0 Å². The average molecular weight is 395 g/mol. The van der Waals surface area contributed by atoms with Gasteiger partial charge in [0.05, 0.1) is 11.3 Å². The van der Waals surface area contributed by atoms with Crippen molar-refractivity contribution >= 4 is 27.2 Å². The lowest BCUT2D eigenvalue weighted by Gasteiger charge is -2.39. The Labute approximate surface area is 159 Å². The zero-order valence-electron chi connectivity index (χ0n) is 15.1. The maximum Gasteiger partial charge on any atom is 0.318 e. The maximum absolute atomic E-state index is 13.2. The Balaban J connectivity index is 1.38. The van der Waals surface area contributed by atoms with E-state index in [1.54, 1.807) is 6.92 Å². The number of hydrogen-bond acceptors (Lipinski definition) is 4. The van der Waals surface area contributed by atoms with Crippen molar-refractivity contribution < 1.29 is 13.2 Å². The fourth-order valence-electron chi connectivity index (χ4n) is 5.96. The van der Waals surface area contributed by atoms with Crippen LogP contribution in [0.4, 0.5) is 4.79 Å². The molecule has 3 aliphatic heterocycles. The van der Waals surface area contributed by atoms with Crippen LogP contribution in [0.5, 0.6) is 0 Å². The van der Waals surface area contributed by atoms with Gasteiger partial charge in [-0.25, -0.2) is 13.2 Å². The van der Waals surface area contributed by atoms with E-state index < -0.39 is 15.1 Å². The molecule has 2 aliphatic carbocycles. The standard InChI is InChI=1S/C19H26N2O3S2/c1-11-4-17(16-2-3-25-18(16)26(11,23)24)20-19(22)21-10-14-6-12-5-13(7-14)9-15(21)8-12/h2-3,11-15,17H,4-10H2,1H3,(H,20,22)/t11-,12?,13?,14?,15?,17-/m0/s1. The van der Waals surface area contributed by atoms with Crippen molar-refractivity contribution in [2.45, 2.75) is 67.0 Å². The lowest BCUT2D eigenvalue weighted by Crippen LogP contribution is -2.49. The smallest absolute Gasteiger partial charge is 0.318 e. The molecule has 0 radical (unpaired) electrons. The van der Waals surface area contributed by atoms with Crippen LogP contribution >= 0.6 is 11.3 Å². The summed E-state index contributed by atoms with van der Waals surface area (Å²) >= 11 is 1.27. The minimum Gasteiger partial charge on any atom is -0.331 e. The Hall–Kier alpha value is -1.08. The lowest BCUT2D eigenvalue weighted by molar-refractivity contribution is 0.130. The molecule has 1 aromatic rings. The molecular formula is C19H26N2O3S2. The molecule has 2 saturated heterocycles. The quantitative estimate of drug-likeness (QED) is 0.792. The summed E-state index contributed by atoms with van der Waals surface area (Å²) in [5.74, 6) is 2.26. The summed E-state index contributed by atoms with van der Waals surface area (Å²) in [5.41, 5.74) is 0.780. The Bertz CT molecular complexity index is 820. The molecule has 2 saturated carbocycles.